The van der Waals surface area contributed by atoms with Crippen molar-refractivity contribution in [3.8, 4) is 0 Å². The number of aromatic nitrogens is 1. The molecule has 3 aliphatic rings. The van der Waals surface area contributed by atoms with E-state index < -0.39 is 6.10 Å². The normalized spacial score (nSPS) is 24.5. The third-order valence-corrected chi connectivity index (χ3v) is 9.08. The second-order valence-electron chi connectivity index (χ2n) is 12.3. The van der Waals surface area contributed by atoms with Crippen molar-refractivity contribution >= 4 is 28.2 Å². The second kappa shape index (κ2) is 14.3. The number of rotatable bonds is 14. The van der Waals surface area contributed by atoms with Gasteiger partial charge in [-0.15, -0.1) is 0 Å². The van der Waals surface area contributed by atoms with Gasteiger partial charge in [0.15, 0.2) is 5.78 Å². The number of aromatic amines is 1. The highest BCUT2D eigenvalue weighted by Crippen LogP contribution is 2.40. The first-order valence-electron chi connectivity index (χ1n) is 15.8. The number of carbonyl (C=O) groups excluding carboxylic acids is 2. The van der Waals surface area contributed by atoms with E-state index in [1.54, 1.807) is 6.08 Å². The van der Waals surface area contributed by atoms with Crippen LogP contribution in [0.25, 0.3) is 16.5 Å². The van der Waals surface area contributed by atoms with Crippen LogP contribution >= 0.6 is 0 Å². The molecule has 2 aromatic rings. The van der Waals surface area contributed by atoms with Gasteiger partial charge >= 0.3 is 5.97 Å². The fourth-order valence-electron chi connectivity index (χ4n) is 6.73. The lowest BCUT2D eigenvalue weighted by atomic mass is 9.80. The molecule has 0 fully saturated rings. The molecular formula is C36H46N2O4. The largest absolute Gasteiger partial charge is 0.465 e. The van der Waals surface area contributed by atoms with Gasteiger partial charge in [-0.2, -0.15) is 0 Å². The molecule has 0 radical (unpaired) electrons. The number of nitrogens with one attached hydrogen (secondary N) is 1. The van der Waals surface area contributed by atoms with Crippen molar-refractivity contribution in [3.05, 3.63) is 78.1 Å². The molecule has 5 atom stereocenters. The first-order chi connectivity index (χ1) is 20.4. The van der Waals surface area contributed by atoms with Crippen molar-refractivity contribution in [2.24, 2.45) is 17.8 Å². The summed E-state index contributed by atoms with van der Waals surface area (Å²) in [7, 11) is 2.17. The van der Waals surface area contributed by atoms with Crippen molar-refractivity contribution in [3.63, 3.8) is 0 Å². The molecule has 6 nitrogen and oxygen atoms in total. The molecule has 1 aromatic carbocycles. The van der Waals surface area contributed by atoms with Crippen LogP contribution in [0.3, 0.4) is 0 Å². The quantitative estimate of drug-likeness (QED) is 0.153. The first kappa shape index (κ1) is 30.2. The van der Waals surface area contributed by atoms with Gasteiger partial charge in [0.25, 0.3) is 0 Å². The van der Waals surface area contributed by atoms with Gasteiger partial charge in [0.05, 0.1) is 12.7 Å². The molecule has 5 rings (SSSR count). The standard InChI is InChI=1S/C36H46N2O4/c1-3-4-7-11-28(39)18-16-26-17-19-34(40)29(26)12-8-5-6-9-15-35(41)42-24-25-20-31-30-13-10-14-32-36(30)27(22-37-32)21-33(31)38(2)23-25/h5,8,10,13-14,16-20,22,25-26,28-29,33,37,39H,3-4,6-7,9,11-12,15,21,23-24H2,1-2H3/t25-,26+,28+,29-,33-/m1/s1. The van der Waals surface area contributed by atoms with Gasteiger partial charge in [0.2, 0.25) is 0 Å². The van der Waals surface area contributed by atoms with Gasteiger partial charge in [0, 0.05) is 53.9 Å². The second-order valence-corrected chi connectivity index (χ2v) is 12.3. The molecule has 1 aromatic heterocycles. The lowest BCUT2D eigenvalue weighted by Gasteiger charge is -2.39. The fraction of sp³-hybridized carbons (Fsp3) is 0.500. The van der Waals surface area contributed by atoms with Crippen molar-refractivity contribution in [1.29, 1.82) is 0 Å². The average Bonchev–Trinajstić information content (AvgIpc) is 3.57. The van der Waals surface area contributed by atoms with Gasteiger partial charge in [-0.05, 0) is 68.0 Å². The molecule has 0 unspecified atom stereocenters. The minimum Gasteiger partial charge on any atom is -0.465 e. The summed E-state index contributed by atoms with van der Waals surface area (Å²) in [6.07, 6.45) is 23.2. The fourth-order valence-corrected chi connectivity index (χ4v) is 6.73. The summed E-state index contributed by atoms with van der Waals surface area (Å²) in [6.45, 7) is 3.44. The Hall–Kier alpha value is -3.22. The van der Waals surface area contributed by atoms with Gasteiger partial charge < -0.3 is 14.8 Å². The number of unbranched alkanes of at least 4 members (excludes halogenated alkanes) is 3. The highest BCUT2D eigenvalue weighted by molar-refractivity contribution is 5.98. The number of H-pyrrole nitrogens is 1. The van der Waals surface area contributed by atoms with Crippen molar-refractivity contribution in [1.82, 2.24) is 9.88 Å². The summed E-state index contributed by atoms with van der Waals surface area (Å²) in [4.78, 5) is 30.7. The van der Waals surface area contributed by atoms with Gasteiger partial charge in [0.1, 0.15) is 0 Å². The van der Waals surface area contributed by atoms with E-state index in [1.165, 1.54) is 27.6 Å². The zero-order valence-corrected chi connectivity index (χ0v) is 25.1. The Morgan fingerprint density at radius 3 is 2.98 bits per heavy atom. The van der Waals surface area contributed by atoms with E-state index in [1.807, 2.05) is 18.2 Å². The maximum atomic E-state index is 12.5. The Bertz CT molecular complexity index is 1370. The smallest absolute Gasteiger partial charge is 0.305 e. The molecule has 0 saturated carbocycles. The van der Waals surface area contributed by atoms with E-state index >= 15 is 0 Å². The number of hydrogen-bond donors (Lipinski definition) is 2. The molecule has 2 heterocycles. The first-order valence-corrected chi connectivity index (χ1v) is 15.8. The number of likely N-dealkylation sites (N-methyl/N-ethyl adjacent to an activating group) is 1. The summed E-state index contributed by atoms with van der Waals surface area (Å²) in [5, 5.41) is 11.5. The number of ether oxygens (including phenoxy) is 1. The van der Waals surface area contributed by atoms with Crippen LogP contribution in [0, 0.1) is 17.8 Å². The predicted octanol–water partition coefficient (Wildman–Crippen LogP) is 6.57. The number of esters is 1. The summed E-state index contributed by atoms with van der Waals surface area (Å²) >= 11 is 0. The summed E-state index contributed by atoms with van der Waals surface area (Å²) in [5.41, 5.74) is 5.21. The Kier molecular flexibility index (Phi) is 10.3. The van der Waals surface area contributed by atoms with Crippen LogP contribution in [-0.4, -0.2) is 59.1 Å². The molecule has 42 heavy (non-hydrogen) atoms. The van der Waals surface area contributed by atoms with Crippen LogP contribution in [0.5, 0.6) is 0 Å². The molecule has 0 saturated heterocycles. The molecule has 0 amide bonds. The van der Waals surface area contributed by atoms with Gasteiger partial charge in [-0.3, -0.25) is 14.5 Å². The highest BCUT2D eigenvalue weighted by Gasteiger charge is 2.34. The zero-order chi connectivity index (χ0) is 29.5. The maximum absolute atomic E-state index is 12.5. The Morgan fingerprint density at radius 2 is 2.12 bits per heavy atom. The number of allylic oxidation sites excluding steroid dienone is 5. The van der Waals surface area contributed by atoms with Crippen LogP contribution < -0.4 is 0 Å². The molecule has 1 aliphatic heterocycles. The minimum atomic E-state index is -0.445. The Morgan fingerprint density at radius 1 is 1.24 bits per heavy atom. The number of nitrogens with zero attached hydrogens (tertiary/aromatic N) is 1. The van der Waals surface area contributed by atoms with Crippen molar-refractivity contribution < 1.29 is 19.4 Å². The number of hydrogen-bond acceptors (Lipinski definition) is 5. The Balaban J connectivity index is 1.03. The third kappa shape index (κ3) is 7.22. The van der Waals surface area contributed by atoms with E-state index in [2.05, 4.69) is 66.5 Å². The van der Waals surface area contributed by atoms with E-state index in [-0.39, 0.29) is 29.5 Å². The van der Waals surface area contributed by atoms with Crippen LogP contribution in [0.1, 0.15) is 69.4 Å². The molecule has 0 spiro atoms. The highest BCUT2D eigenvalue weighted by atomic mass is 16.5. The van der Waals surface area contributed by atoms with Gasteiger partial charge in [-0.25, -0.2) is 0 Å². The van der Waals surface area contributed by atoms with E-state index in [9.17, 15) is 14.7 Å². The van der Waals surface area contributed by atoms with E-state index in [0.29, 0.717) is 25.5 Å². The molecule has 224 valence electrons. The van der Waals surface area contributed by atoms with Crippen molar-refractivity contribution in [2.75, 3.05) is 20.2 Å². The number of fused-ring (bicyclic) bond motifs is 2. The average molecular weight is 571 g/mol. The lowest BCUT2D eigenvalue weighted by molar-refractivity contribution is -0.144. The SMILES string of the molecule is CCCCC[C@H](O)C=C[C@H]1C=CC(=O)[C@@H]1CC=CCCCC(=O)OC[C@@H]1C=C2c3cccc4[nH]cc(c34)C[C@H]2N(C)C1. The topological polar surface area (TPSA) is 82.6 Å². The maximum Gasteiger partial charge on any atom is 0.305 e. The number of aliphatic hydroxyl groups is 1. The number of ketones is 1. The zero-order valence-electron chi connectivity index (χ0n) is 25.1. The number of benzene rings is 1. The molecular weight excluding hydrogens is 524 g/mol. The number of carbonyl (C=O) groups is 2. The molecule has 6 heteroatoms. The number of aliphatic hydroxyl groups excluding tert-OH is 1. The summed E-state index contributed by atoms with van der Waals surface area (Å²) in [5.74, 6) is 0.105. The monoisotopic (exact) mass is 570 g/mol. The Labute approximate surface area is 250 Å². The summed E-state index contributed by atoms with van der Waals surface area (Å²) < 4.78 is 5.71. The predicted molar refractivity (Wildman–Crippen MR) is 169 cm³/mol. The van der Waals surface area contributed by atoms with Crippen LogP contribution in [-0.2, 0) is 20.7 Å². The van der Waals surface area contributed by atoms with Crippen LogP contribution in [0.2, 0.25) is 0 Å². The minimum absolute atomic E-state index is 0.0358. The molecule has 2 N–H and O–H groups in total. The van der Waals surface area contributed by atoms with Crippen molar-refractivity contribution in [2.45, 2.75) is 76.9 Å². The van der Waals surface area contributed by atoms with Crippen LogP contribution in [0.4, 0.5) is 0 Å². The lowest BCUT2D eigenvalue weighted by Crippen LogP contribution is -2.43. The van der Waals surface area contributed by atoms with E-state index in [0.717, 1.165) is 51.5 Å². The molecule has 2 aliphatic carbocycles. The third-order valence-electron chi connectivity index (χ3n) is 9.08. The van der Waals surface area contributed by atoms with Gasteiger partial charge in [-0.1, -0.05) is 74.8 Å². The van der Waals surface area contributed by atoms with Crippen LogP contribution in [0.15, 0.2) is 66.9 Å². The summed E-state index contributed by atoms with van der Waals surface area (Å²) in [6, 6.07) is 6.82. The van der Waals surface area contributed by atoms with E-state index in [4.69, 9.17) is 4.74 Å². The molecule has 0 bridgehead atoms.